The zero-order chi connectivity index (χ0) is 17.1. The van der Waals surface area contributed by atoms with Gasteiger partial charge in [-0.3, -0.25) is 4.79 Å². The molecule has 3 aliphatic carbocycles. The second kappa shape index (κ2) is 5.50. The summed E-state index contributed by atoms with van der Waals surface area (Å²) < 4.78 is 5.48. The number of hydrogen-bond acceptors (Lipinski definition) is 2. The minimum absolute atomic E-state index is 0.391. The molecule has 0 bridgehead atoms. The van der Waals surface area contributed by atoms with Crippen LogP contribution >= 0.6 is 0 Å². The lowest BCUT2D eigenvalue weighted by Gasteiger charge is -2.50. The summed E-state index contributed by atoms with van der Waals surface area (Å²) in [6.45, 7) is 5.00. The van der Waals surface area contributed by atoms with Crippen molar-refractivity contribution >= 4 is 5.91 Å². The van der Waals surface area contributed by atoms with E-state index in [1.807, 2.05) is 6.07 Å². The van der Waals surface area contributed by atoms with E-state index in [0.29, 0.717) is 22.6 Å². The Balaban J connectivity index is 1.74. The molecular formula is C21H29NO2. The average molecular weight is 327 g/mol. The van der Waals surface area contributed by atoms with Gasteiger partial charge in [-0.15, -0.1) is 0 Å². The second-order valence-electron chi connectivity index (χ2n) is 8.55. The first kappa shape index (κ1) is 16.0. The van der Waals surface area contributed by atoms with E-state index in [2.05, 4.69) is 19.9 Å². The van der Waals surface area contributed by atoms with E-state index < -0.39 is 5.91 Å². The number of carbonyl (C=O) groups excluding carboxylic acids is 1. The minimum atomic E-state index is -0.391. The fourth-order valence-corrected chi connectivity index (χ4v) is 6.22. The number of benzene rings is 1. The van der Waals surface area contributed by atoms with Crippen molar-refractivity contribution in [2.45, 2.75) is 58.3 Å². The summed E-state index contributed by atoms with van der Waals surface area (Å²) in [5, 5.41) is 0. The third kappa shape index (κ3) is 2.13. The number of rotatable bonds is 2. The van der Waals surface area contributed by atoms with Crippen molar-refractivity contribution in [2.75, 3.05) is 7.11 Å². The average Bonchev–Trinajstić information content (AvgIpc) is 2.88. The predicted molar refractivity (Wildman–Crippen MR) is 95.3 cm³/mol. The maximum Gasteiger partial charge on any atom is 0.252 e. The maximum atomic E-state index is 11.7. The molecule has 1 aromatic rings. The van der Waals surface area contributed by atoms with E-state index in [4.69, 9.17) is 10.5 Å². The van der Waals surface area contributed by atoms with Gasteiger partial charge in [0, 0.05) is 0 Å². The van der Waals surface area contributed by atoms with Gasteiger partial charge in [0.15, 0.2) is 0 Å². The van der Waals surface area contributed by atoms with Crippen molar-refractivity contribution in [1.82, 2.24) is 0 Å². The summed E-state index contributed by atoms with van der Waals surface area (Å²) in [5.41, 5.74) is 9.35. The van der Waals surface area contributed by atoms with Gasteiger partial charge in [-0.1, -0.05) is 13.8 Å². The van der Waals surface area contributed by atoms with E-state index in [-0.39, 0.29) is 0 Å². The zero-order valence-electron chi connectivity index (χ0n) is 15.1. The highest BCUT2D eigenvalue weighted by Crippen LogP contribution is 2.63. The normalized spacial score (nSPS) is 37.3. The highest BCUT2D eigenvalue weighted by Gasteiger charge is 2.53. The number of amides is 1. The Morgan fingerprint density at radius 3 is 2.75 bits per heavy atom. The lowest BCUT2D eigenvalue weighted by atomic mass is 9.54. The lowest BCUT2D eigenvalue weighted by molar-refractivity contribution is 0.0336. The van der Waals surface area contributed by atoms with Gasteiger partial charge in [-0.25, -0.2) is 0 Å². The molecule has 2 saturated carbocycles. The largest absolute Gasteiger partial charge is 0.496 e. The summed E-state index contributed by atoms with van der Waals surface area (Å²) in [6.07, 6.45) is 7.72. The van der Waals surface area contributed by atoms with Crippen LogP contribution in [0.5, 0.6) is 5.75 Å². The third-order valence-electron chi connectivity index (χ3n) is 7.78. The van der Waals surface area contributed by atoms with Crippen molar-refractivity contribution in [3.05, 3.63) is 28.8 Å². The SMILES string of the molecule is COc1cc2c(cc1C(N)=O)CCC1C2CC[C@]2(C)C(C)CCC12. The van der Waals surface area contributed by atoms with Gasteiger partial charge in [-0.05, 0) is 90.9 Å². The van der Waals surface area contributed by atoms with Gasteiger partial charge in [0.25, 0.3) is 5.91 Å². The summed E-state index contributed by atoms with van der Waals surface area (Å²) in [7, 11) is 1.63. The van der Waals surface area contributed by atoms with Crippen LogP contribution in [0.1, 0.15) is 73.4 Å². The van der Waals surface area contributed by atoms with Crippen molar-refractivity contribution in [1.29, 1.82) is 0 Å². The predicted octanol–water partition coefficient (Wildman–Crippen LogP) is 4.29. The molecule has 4 unspecified atom stereocenters. The van der Waals surface area contributed by atoms with Crippen LogP contribution in [0.3, 0.4) is 0 Å². The highest BCUT2D eigenvalue weighted by molar-refractivity contribution is 5.96. The number of primary amides is 1. The third-order valence-corrected chi connectivity index (χ3v) is 7.78. The Morgan fingerprint density at radius 2 is 2.04 bits per heavy atom. The molecule has 130 valence electrons. The Morgan fingerprint density at radius 1 is 1.25 bits per heavy atom. The molecule has 1 amide bonds. The summed E-state index contributed by atoms with van der Waals surface area (Å²) in [5.74, 6) is 3.41. The summed E-state index contributed by atoms with van der Waals surface area (Å²) in [6, 6.07) is 4.12. The second-order valence-corrected chi connectivity index (χ2v) is 8.55. The van der Waals surface area contributed by atoms with E-state index in [1.54, 1.807) is 7.11 Å². The van der Waals surface area contributed by atoms with Crippen LogP contribution < -0.4 is 10.5 Å². The Labute approximate surface area is 145 Å². The maximum absolute atomic E-state index is 11.7. The van der Waals surface area contributed by atoms with E-state index in [1.165, 1.54) is 43.2 Å². The molecule has 0 radical (unpaired) electrons. The van der Waals surface area contributed by atoms with Crippen LogP contribution in [0.4, 0.5) is 0 Å². The molecule has 0 aromatic heterocycles. The van der Waals surface area contributed by atoms with Crippen LogP contribution in [-0.4, -0.2) is 13.0 Å². The number of methoxy groups -OCH3 is 1. The van der Waals surface area contributed by atoms with E-state index >= 15 is 0 Å². The molecule has 2 N–H and O–H groups in total. The summed E-state index contributed by atoms with van der Waals surface area (Å²) in [4.78, 5) is 11.7. The first-order valence-electron chi connectivity index (χ1n) is 9.46. The first-order chi connectivity index (χ1) is 11.5. The molecule has 0 aliphatic heterocycles. The fraction of sp³-hybridized carbons (Fsp3) is 0.667. The van der Waals surface area contributed by atoms with Crippen molar-refractivity contribution < 1.29 is 9.53 Å². The molecule has 24 heavy (non-hydrogen) atoms. The molecular weight excluding hydrogens is 298 g/mol. The molecule has 4 rings (SSSR count). The number of ether oxygens (including phenoxy) is 1. The van der Waals surface area contributed by atoms with Crippen molar-refractivity contribution in [2.24, 2.45) is 28.9 Å². The Kier molecular flexibility index (Phi) is 3.67. The van der Waals surface area contributed by atoms with Gasteiger partial charge in [0.2, 0.25) is 0 Å². The van der Waals surface area contributed by atoms with Gasteiger partial charge in [-0.2, -0.15) is 0 Å². The van der Waals surface area contributed by atoms with Crippen LogP contribution in [0.15, 0.2) is 12.1 Å². The molecule has 0 saturated heterocycles. The van der Waals surface area contributed by atoms with E-state index in [9.17, 15) is 4.79 Å². The molecule has 3 heteroatoms. The number of carbonyl (C=O) groups is 1. The van der Waals surface area contributed by atoms with Crippen molar-refractivity contribution in [3.63, 3.8) is 0 Å². The van der Waals surface area contributed by atoms with Gasteiger partial charge in [0.1, 0.15) is 5.75 Å². The highest BCUT2D eigenvalue weighted by atomic mass is 16.5. The van der Waals surface area contributed by atoms with Gasteiger partial charge in [0.05, 0.1) is 12.7 Å². The topological polar surface area (TPSA) is 52.3 Å². The molecule has 3 aliphatic rings. The molecule has 3 nitrogen and oxygen atoms in total. The minimum Gasteiger partial charge on any atom is -0.496 e. The first-order valence-corrected chi connectivity index (χ1v) is 9.46. The van der Waals surface area contributed by atoms with Crippen LogP contribution in [-0.2, 0) is 6.42 Å². The Hall–Kier alpha value is -1.51. The molecule has 0 spiro atoms. The lowest BCUT2D eigenvalue weighted by Crippen LogP contribution is -2.41. The van der Waals surface area contributed by atoms with Crippen LogP contribution in [0.25, 0.3) is 0 Å². The number of fused-ring (bicyclic) bond motifs is 5. The molecule has 0 heterocycles. The number of aryl methyl sites for hydroxylation is 1. The smallest absolute Gasteiger partial charge is 0.252 e. The monoisotopic (exact) mass is 327 g/mol. The summed E-state index contributed by atoms with van der Waals surface area (Å²) >= 11 is 0. The van der Waals surface area contributed by atoms with Crippen LogP contribution in [0, 0.1) is 23.2 Å². The Bertz CT molecular complexity index is 683. The number of hydrogen-bond donors (Lipinski definition) is 1. The zero-order valence-corrected chi connectivity index (χ0v) is 15.1. The van der Waals surface area contributed by atoms with E-state index in [0.717, 1.165) is 24.2 Å². The molecule has 1 aromatic carbocycles. The van der Waals surface area contributed by atoms with Crippen LogP contribution in [0.2, 0.25) is 0 Å². The number of nitrogens with two attached hydrogens (primary N) is 1. The van der Waals surface area contributed by atoms with Gasteiger partial charge < -0.3 is 10.5 Å². The fourth-order valence-electron chi connectivity index (χ4n) is 6.22. The van der Waals surface area contributed by atoms with Crippen molar-refractivity contribution in [3.8, 4) is 5.75 Å². The quantitative estimate of drug-likeness (QED) is 0.881. The molecule has 5 atom stereocenters. The van der Waals surface area contributed by atoms with Gasteiger partial charge >= 0.3 is 0 Å². The standard InChI is InChI=1S/C21H29NO2/c1-12-4-7-18-15-6-5-13-10-17(20(22)23)19(24-3)11-16(13)14(15)8-9-21(12,18)2/h10-12,14-15,18H,4-9H2,1-3H3,(H2,22,23)/t12?,14?,15?,18?,21-/m1/s1. The molecule has 2 fully saturated rings.